The van der Waals surface area contributed by atoms with Crippen LogP contribution < -0.4 is 5.32 Å². The average Bonchev–Trinajstić information content (AvgIpc) is 1.87. The van der Waals surface area contributed by atoms with Crippen LogP contribution in [-0.2, 0) is 0 Å². The fraction of sp³-hybridized carbons (Fsp3) is 0.600. The molecule has 1 rings (SSSR count). The summed E-state index contributed by atoms with van der Waals surface area (Å²) in [6, 6.07) is 0. The molecule has 0 aromatic heterocycles. The summed E-state index contributed by atoms with van der Waals surface area (Å²) in [4.78, 5) is 0. The summed E-state index contributed by atoms with van der Waals surface area (Å²) in [5.41, 5.74) is 1.08. The third-order valence-corrected chi connectivity index (χ3v) is 1.04. The van der Waals surface area contributed by atoms with Gasteiger partial charge in [-0.25, -0.2) is 0 Å². The zero-order valence-corrected chi connectivity index (χ0v) is 4.31. The van der Waals surface area contributed by atoms with Crippen LogP contribution in [0.3, 0.4) is 0 Å². The molecule has 0 radical (unpaired) electrons. The molecule has 2 N–H and O–H groups in total. The normalized spacial score (nSPS) is 29.4. The van der Waals surface area contributed by atoms with Crippen molar-refractivity contribution >= 4 is 0 Å². The topological polar surface area (TPSA) is 32.3 Å². The second-order valence-electron chi connectivity index (χ2n) is 1.78. The Bertz CT molecular complexity index is 98.3. The van der Waals surface area contributed by atoms with Crippen molar-refractivity contribution in [1.29, 1.82) is 0 Å². The van der Waals surface area contributed by atoms with Crippen LogP contribution in [0.4, 0.5) is 0 Å². The number of hydrogen-bond acceptors (Lipinski definition) is 2. The van der Waals surface area contributed by atoms with Crippen LogP contribution in [0.2, 0.25) is 0 Å². The van der Waals surface area contributed by atoms with Crippen molar-refractivity contribution in [1.82, 2.24) is 5.32 Å². The highest BCUT2D eigenvalue weighted by Gasteiger charge is 2.06. The number of nitrogens with one attached hydrogen (secondary N) is 1. The molecule has 1 aliphatic rings. The zero-order chi connectivity index (χ0) is 5.28. The van der Waals surface area contributed by atoms with Gasteiger partial charge in [-0.15, -0.1) is 0 Å². The van der Waals surface area contributed by atoms with Crippen molar-refractivity contribution in [3.05, 3.63) is 11.8 Å². The van der Waals surface area contributed by atoms with Crippen LogP contribution in [0, 0.1) is 0 Å². The molecule has 7 heavy (non-hydrogen) atoms. The maximum atomic E-state index is 8.74. The fourth-order valence-electron chi connectivity index (χ4n) is 0.669. The Labute approximate surface area is 42.8 Å². The first-order valence-electron chi connectivity index (χ1n) is 2.40. The molecule has 1 unspecified atom stereocenters. The minimum atomic E-state index is -0.319. The number of hydrogen-bond donors (Lipinski definition) is 2. The van der Waals surface area contributed by atoms with E-state index in [-0.39, 0.29) is 6.23 Å². The molecule has 0 saturated carbocycles. The van der Waals surface area contributed by atoms with Gasteiger partial charge >= 0.3 is 0 Å². The van der Waals surface area contributed by atoms with E-state index in [2.05, 4.69) is 5.32 Å². The van der Waals surface area contributed by atoms with Crippen LogP contribution in [0.1, 0.15) is 13.3 Å². The molecule has 0 saturated heterocycles. The first-order valence-corrected chi connectivity index (χ1v) is 2.40. The van der Waals surface area contributed by atoms with Gasteiger partial charge in [-0.05, 0) is 6.92 Å². The van der Waals surface area contributed by atoms with Gasteiger partial charge in [0.15, 0.2) is 0 Å². The first-order chi connectivity index (χ1) is 3.29. The van der Waals surface area contributed by atoms with Crippen molar-refractivity contribution in [2.75, 3.05) is 0 Å². The van der Waals surface area contributed by atoms with Crippen LogP contribution in [0.25, 0.3) is 0 Å². The van der Waals surface area contributed by atoms with Crippen molar-refractivity contribution in [3.63, 3.8) is 0 Å². The van der Waals surface area contributed by atoms with E-state index in [4.69, 9.17) is 5.11 Å². The van der Waals surface area contributed by atoms with Gasteiger partial charge in [0.1, 0.15) is 6.23 Å². The van der Waals surface area contributed by atoms with E-state index in [0.29, 0.717) is 0 Å². The fourth-order valence-corrected chi connectivity index (χ4v) is 0.669. The molecular formula is C5H9NO. The molecule has 0 aromatic carbocycles. The Morgan fingerprint density at radius 3 is 2.86 bits per heavy atom. The summed E-state index contributed by atoms with van der Waals surface area (Å²) in [5, 5.41) is 11.6. The third-order valence-electron chi connectivity index (χ3n) is 1.04. The number of allylic oxidation sites excluding steroid dienone is 1. The second kappa shape index (κ2) is 1.54. The predicted molar refractivity (Wildman–Crippen MR) is 27.5 cm³/mol. The molecular weight excluding hydrogens is 90.1 g/mol. The molecule has 0 fully saturated rings. The van der Waals surface area contributed by atoms with E-state index in [1.54, 1.807) is 0 Å². The van der Waals surface area contributed by atoms with Gasteiger partial charge in [-0.2, -0.15) is 0 Å². The highest BCUT2D eigenvalue weighted by Crippen LogP contribution is 2.03. The van der Waals surface area contributed by atoms with Crippen LogP contribution in [0.15, 0.2) is 11.8 Å². The molecule has 1 atom stereocenters. The molecule has 1 aliphatic heterocycles. The lowest BCUT2D eigenvalue weighted by molar-refractivity contribution is 0.163. The van der Waals surface area contributed by atoms with Gasteiger partial charge in [0, 0.05) is 12.1 Å². The Kier molecular flexibility index (Phi) is 1.02. The lowest BCUT2D eigenvalue weighted by Gasteiger charge is -2.00. The van der Waals surface area contributed by atoms with E-state index >= 15 is 0 Å². The van der Waals surface area contributed by atoms with Crippen molar-refractivity contribution in [3.8, 4) is 0 Å². The van der Waals surface area contributed by atoms with Gasteiger partial charge in [0.25, 0.3) is 0 Å². The highest BCUT2D eigenvalue weighted by atomic mass is 16.3. The molecule has 0 bridgehead atoms. The summed E-state index contributed by atoms with van der Waals surface area (Å²) in [6.07, 6.45) is 2.41. The van der Waals surface area contributed by atoms with Crippen LogP contribution in [-0.4, -0.2) is 11.3 Å². The Morgan fingerprint density at radius 2 is 2.71 bits per heavy atom. The summed E-state index contributed by atoms with van der Waals surface area (Å²) in [7, 11) is 0. The summed E-state index contributed by atoms with van der Waals surface area (Å²) >= 11 is 0. The molecule has 0 aliphatic carbocycles. The first kappa shape index (κ1) is 4.65. The van der Waals surface area contributed by atoms with E-state index < -0.39 is 0 Å². The maximum absolute atomic E-state index is 8.74. The van der Waals surface area contributed by atoms with Crippen LogP contribution >= 0.6 is 0 Å². The molecule has 40 valence electrons. The molecule has 0 spiro atoms. The van der Waals surface area contributed by atoms with Crippen LogP contribution in [0.5, 0.6) is 0 Å². The second-order valence-corrected chi connectivity index (χ2v) is 1.78. The minimum Gasteiger partial charge on any atom is -0.374 e. The van der Waals surface area contributed by atoms with Gasteiger partial charge < -0.3 is 10.4 Å². The maximum Gasteiger partial charge on any atom is 0.127 e. The van der Waals surface area contributed by atoms with E-state index in [9.17, 15) is 0 Å². The van der Waals surface area contributed by atoms with E-state index in [1.807, 2.05) is 13.0 Å². The molecule has 0 aromatic rings. The SMILES string of the molecule is CC1=CCC(O)N1. The molecule has 2 heteroatoms. The Morgan fingerprint density at radius 1 is 2.00 bits per heavy atom. The van der Waals surface area contributed by atoms with Gasteiger partial charge in [-0.3, -0.25) is 0 Å². The third kappa shape index (κ3) is 0.933. The van der Waals surface area contributed by atoms with Gasteiger partial charge in [0.05, 0.1) is 0 Å². The number of aliphatic hydroxyl groups excluding tert-OH is 1. The van der Waals surface area contributed by atoms with Gasteiger partial charge in [-0.1, -0.05) is 6.08 Å². The minimum absolute atomic E-state index is 0.319. The molecule has 2 nitrogen and oxygen atoms in total. The zero-order valence-electron chi connectivity index (χ0n) is 4.31. The number of rotatable bonds is 0. The largest absolute Gasteiger partial charge is 0.374 e. The Hall–Kier alpha value is -0.500. The smallest absolute Gasteiger partial charge is 0.127 e. The van der Waals surface area contributed by atoms with E-state index in [1.165, 1.54) is 0 Å². The molecule has 1 heterocycles. The summed E-state index contributed by atoms with van der Waals surface area (Å²) < 4.78 is 0. The van der Waals surface area contributed by atoms with Crippen molar-refractivity contribution in [2.24, 2.45) is 0 Å². The monoisotopic (exact) mass is 99.1 g/mol. The Balaban J connectivity index is 2.42. The van der Waals surface area contributed by atoms with Crippen molar-refractivity contribution < 1.29 is 5.11 Å². The summed E-state index contributed by atoms with van der Waals surface area (Å²) in [6.45, 7) is 1.94. The lowest BCUT2D eigenvalue weighted by atomic mass is 10.4. The lowest BCUT2D eigenvalue weighted by Crippen LogP contribution is -2.19. The molecule has 0 amide bonds. The van der Waals surface area contributed by atoms with Crippen molar-refractivity contribution in [2.45, 2.75) is 19.6 Å². The van der Waals surface area contributed by atoms with Gasteiger partial charge in [0.2, 0.25) is 0 Å². The number of aliphatic hydroxyl groups is 1. The predicted octanol–water partition coefficient (Wildman–Crippen LogP) is 0.202. The van der Waals surface area contributed by atoms with E-state index in [0.717, 1.165) is 12.1 Å². The standard InChI is InChI=1S/C5H9NO/c1-4-2-3-5(7)6-4/h2,5-7H,3H2,1H3. The highest BCUT2D eigenvalue weighted by molar-refractivity contribution is 5.03. The average molecular weight is 99.1 g/mol. The summed E-state index contributed by atoms with van der Waals surface area (Å²) in [5.74, 6) is 0. The quantitative estimate of drug-likeness (QED) is 0.454.